The third-order valence-electron chi connectivity index (χ3n) is 11.3. The van der Waals surface area contributed by atoms with E-state index in [0.29, 0.717) is 38.3 Å². The van der Waals surface area contributed by atoms with E-state index in [1.807, 2.05) is 29.9 Å². The van der Waals surface area contributed by atoms with E-state index in [4.69, 9.17) is 14.5 Å². The van der Waals surface area contributed by atoms with Crippen molar-refractivity contribution in [2.24, 2.45) is 0 Å². The summed E-state index contributed by atoms with van der Waals surface area (Å²) in [5.41, 5.74) is 8.13. The summed E-state index contributed by atoms with van der Waals surface area (Å²) in [6.07, 6.45) is 5.55. The van der Waals surface area contributed by atoms with Gasteiger partial charge in [0, 0.05) is 87.4 Å². The number of methoxy groups -OCH3 is 1. The van der Waals surface area contributed by atoms with Crippen LogP contribution < -0.4 is 26.0 Å². The van der Waals surface area contributed by atoms with Crippen LogP contribution in [0.5, 0.6) is 5.75 Å². The summed E-state index contributed by atoms with van der Waals surface area (Å²) >= 11 is 0. The average Bonchev–Trinajstić information content (AvgIpc) is 3.99. The summed E-state index contributed by atoms with van der Waals surface area (Å²) in [6, 6.07) is 21.0. The molecule has 3 aliphatic rings. The maximum atomic E-state index is 13.6. The second-order valence-electron chi connectivity index (χ2n) is 14.9. The number of likely N-dealkylation sites (tertiary alicyclic amines) is 1. The molecule has 0 spiro atoms. The number of aryl methyl sites for hydroxylation is 2. The minimum atomic E-state index is -0.376. The van der Waals surface area contributed by atoms with Crippen LogP contribution in [-0.4, -0.2) is 88.0 Å². The van der Waals surface area contributed by atoms with Gasteiger partial charge >= 0.3 is 0 Å². The van der Waals surface area contributed by atoms with Gasteiger partial charge in [0.2, 0.25) is 0 Å². The van der Waals surface area contributed by atoms with Gasteiger partial charge in [-0.25, -0.2) is 14.6 Å². The van der Waals surface area contributed by atoms with E-state index < -0.39 is 0 Å². The number of hydrogen-bond acceptors (Lipinski definition) is 10. The minimum Gasteiger partial charge on any atom is -0.496 e. The molecule has 2 atom stereocenters. The van der Waals surface area contributed by atoms with Crippen LogP contribution in [0.1, 0.15) is 76.5 Å². The van der Waals surface area contributed by atoms with Gasteiger partial charge in [0.05, 0.1) is 24.4 Å². The Morgan fingerprint density at radius 3 is 2.45 bits per heavy atom. The number of ether oxygens (including phenoxy) is 2. The van der Waals surface area contributed by atoms with Gasteiger partial charge in [-0.15, -0.1) is 0 Å². The number of aromatic nitrogens is 4. The van der Waals surface area contributed by atoms with Crippen molar-refractivity contribution >= 4 is 28.5 Å². The summed E-state index contributed by atoms with van der Waals surface area (Å²) in [4.78, 5) is 39.0. The van der Waals surface area contributed by atoms with E-state index in [9.17, 15) is 9.59 Å². The number of carbonyl (C=O) groups excluding carboxylic acids is 2. The number of nitrogens with zero attached hydrogens (tertiary/aromatic N) is 5. The van der Waals surface area contributed by atoms with Crippen LogP contribution >= 0.6 is 0 Å². The van der Waals surface area contributed by atoms with Crippen molar-refractivity contribution in [2.75, 3.05) is 38.7 Å². The molecule has 3 saturated heterocycles. The molecule has 0 aliphatic carbocycles. The number of rotatable bonds is 14. The van der Waals surface area contributed by atoms with E-state index in [2.05, 4.69) is 73.5 Å². The lowest BCUT2D eigenvalue weighted by Crippen LogP contribution is -2.42. The quantitative estimate of drug-likeness (QED) is 0.121. The maximum absolute atomic E-state index is 13.6. The second-order valence-corrected chi connectivity index (χ2v) is 14.9. The molecular formula is C43H51N9O4. The number of nitrogens with one attached hydrogen (secondary N) is 4. The number of amides is 2. The van der Waals surface area contributed by atoms with Crippen molar-refractivity contribution < 1.29 is 19.1 Å². The number of anilines is 1. The van der Waals surface area contributed by atoms with Crippen LogP contribution in [0.2, 0.25) is 0 Å². The standard InChI is InChI=1S/C43H51N9O4/c1-4-36-34(40(48-30-14-16-56-17-15-30)35-24-47-52(5-2)41(35)50-36)23-46-43(54)38-11-7-10-37(49-38)42(53)45-21-27-12-13-39(55-3)33(19-27)29-9-6-8-28(18-29)25-51-26-31-20-32(51)22-44-31/h6-13,18-19,24,30-32,44H,4-5,14-17,20-23,25-26H2,1-3H3,(H,45,53)(H,46,54)(H,48,50)/t31-,32?/m1/s1. The fourth-order valence-electron chi connectivity index (χ4n) is 8.32. The number of fused-ring (bicyclic) bond motifs is 3. The highest BCUT2D eigenvalue weighted by Gasteiger charge is 2.37. The molecule has 2 aromatic carbocycles. The highest BCUT2D eigenvalue weighted by Crippen LogP contribution is 2.34. The average molecular weight is 758 g/mol. The van der Waals surface area contributed by atoms with E-state index in [1.165, 1.54) is 12.0 Å². The summed E-state index contributed by atoms with van der Waals surface area (Å²) in [7, 11) is 1.68. The molecule has 4 N–H and O–H groups in total. The smallest absolute Gasteiger partial charge is 0.270 e. The van der Waals surface area contributed by atoms with Gasteiger partial charge in [-0.1, -0.05) is 37.3 Å². The molecule has 292 valence electrons. The zero-order chi connectivity index (χ0) is 38.6. The number of carbonyl (C=O) groups is 2. The Morgan fingerprint density at radius 2 is 1.73 bits per heavy atom. The highest BCUT2D eigenvalue weighted by molar-refractivity contribution is 5.97. The largest absolute Gasteiger partial charge is 0.496 e. The first kappa shape index (κ1) is 37.5. The lowest BCUT2D eigenvalue weighted by atomic mass is 9.99. The van der Waals surface area contributed by atoms with Gasteiger partial charge in [0.25, 0.3) is 11.8 Å². The van der Waals surface area contributed by atoms with Crippen molar-refractivity contribution in [1.29, 1.82) is 0 Å². The van der Waals surface area contributed by atoms with Crippen LogP contribution in [-0.2, 0) is 37.3 Å². The summed E-state index contributed by atoms with van der Waals surface area (Å²) in [6.45, 7) is 9.83. The third kappa shape index (κ3) is 7.97. The second kappa shape index (κ2) is 16.8. The minimum absolute atomic E-state index is 0.159. The van der Waals surface area contributed by atoms with Gasteiger partial charge in [-0.3, -0.25) is 14.5 Å². The predicted molar refractivity (Wildman–Crippen MR) is 216 cm³/mol. The highest BCUT2D eigenvalue weighted by atomic mass is 16.5. The van der Waals surface area contributed by atoms with Gasteiger partial charge in [-0.2, -0.15) is 5.10 Å². The Hall–Kier alpha value is -5.37. The Labute approximate surface area is 327 Å². The number of pyridine rings is 2. The normalized spacial score (nSPS) is 18.3. The van der Waals surface area contributed by atoms with Crippen molar-refractivity contribution in [3.63, 3.8) is 0 Å². The first-order valence-electron chi connectivity index (χ1n) is 19.9. The molecule has 1 unspecified atom stereocenters. The van der Waals surface area contributed by atoms with Crippen LogP contribution in [0, 0.1) is 0 Å². The fourth-order valence-corrected chi connectivity index (χ4v) is 8.32. The number of hydrogen-bond donors (Lipinski definition) is 4. The summed E-state index contributed by atoms with van der Waals surface area (Å²) in [5.74, 6) is 0.0255. The Kier molecular flexibility index (Phi) is 11.3. The molecule has 5 aromatic rings. The molecular weight excluding hydrogens is 707 g/mol. The van der Waals surface area contributed by atoms with Crippen LogP contribution in [0.3, 0.4) is 0 Å². The zero-order valence-electron chi connectivity index (χ0n) is 32.4. The Bertz CT molecular complexity index is 2220. The molecule has 8 rings (SSSR count). The maximum Gasteiger partial charge on any atom is 0.270 e. The van der Waals surface area contributed by atoms with Crippen LogP contribution in [0.15, 0.2) is 66.9 Å². The summed E-state index contributed by atoms with van der Waals surface area (Å²) < 4.78 is 13.3. The lowest BCUT2D eigenvalue weighted by Gasteiger charge is -2.27. The molecule has 13 nitrogen and oxygen atoms in total. The fraction of sp³-hybridized carbons (Fsp3) is 0.419. The van der Waals surface area contributed by atoms with E-state index in [-0.39, 0.29) is 42.3 Å². The van der Waals surface area contributed by atoms with Gasteiger partial charge in [0.15, 0.2) is 5.65 Å². The van der Waals surface area contributed by atoms with Gasteiger partial charge < -0.3 is 30.7 Å². The van der Waals surface area contributed by atoms with Crippen molar-refractivity contribution in [1.82, 2.24) is 40.6 Å². The van der Waals surface area contributed by atoms with E-state index >= 15 is 0 Å². The molecule has 56 heavy (non-hydrogen) atoms. The van der Waals surface area contributed by atoms with Crippen LogP contribution in [0.25, 0.3) is 22.2 Å². The molecule has 0 saturated carbocycles. The van der Waals surface area contributed by atoms with Crippen molar-refractivity contribution in [3.8, 4) is 16.9 Å². The van der Waals surface area contributed by atoms with Crippen LogP contribution in [0.4, 0.5) is 5.69 Å². The molecule has 0 radical (unpaired) electrons. The predicted octanol–water partition coefficient (Wildman–Crippen LogP) is 5.08. The molecule has 3 aromatic heterocycles. The van der Waals surface area contributed by atoms with Crippen molar-refractivity contribution in [3.05, 3.63) is 101 Å². The molecule has 2 amide bonds. The SMILES string of the molecule is CCc1nc2c(cnn2CC)c(NC2CCOCC2)c1CNC(=O)c1cccc(C(=O)NCc2ccc(OC)c(-c3cccc(CN4C[C@H]5CC4CN5)c3)c2)n1. The van der Waals surface area contributed by atoms with E-state index in [0.717, 1.165) is 82.9 Å². The first-order chi connectivity index (χ1) is 27.4. The zero-order valence-corrected chi connectivity index (χ0v) is 32.4. The number of benzene rings is 2. The molecule has 3 aliphatic heterocycles. The molecule has 13 heteroatoms. The monoisotopic (exact) mass is 757 g/mol. The third-order valence-corrected chi connectivity index (χ3v) is 11.3. The van der Waals surface area contributed by atoms with Gasteiger partial charge in [0.1, 0.15) is 17.1 Å². The summed E-state index contributed by atoms with van der Waals surface area (Å²) in [5, 5.41) is 18.9. The topological polar surface area (TPSA) is 148 Å². The number of piperazine rings is 1. The van der Waals surface area contributed by atoms with Gasteiger partial charge in [-0.05, 0) is 79.6 Å². The van der Waals surface area contributed by atoms with Crippen molar-refractivity contribution in [2.45, 2.75) is 83.8 Å². The van der Waals surface area contributed by atoms with E-state index in [1.54, 1.807) is 25.3 Å². The molecule has 2 bridgehead atoms. The first-order valence-corrected chi connectivity index (χ1v) is 19.9. The molecule has 6 heterocycles. The Morgan fingerprint density at radius 1 is 0.946 bits per heavy atom. The lowest BCUT2D eigenvalue weighted by molar-refractivity contribution is 0.0904. The molecule has 3 fully saturated rings. The Balaban J connectivity index is 0.941.